The van der Waals surface area contributed by atoms with Crippen LogP contribution >= 0.6 is 0 Å². The van der Waals surface area contributed by atoms with E-state index in [9.17, 15) is 9.59 Å². The molecule has 1 heterocycles. The van der Waals surface area contributed by atoms with Gasteiger partial charge in [0.1, 0.15) is 6.10 Å². The number of amides is 2. The van der Waals surface area contributed by atoms with Gasteiger partial charge in [0.05, 0.1) is 6.61 Å². The number of anilines is 1. The van der Waals surface area contributed by atoms with Crippen LogP contribution in [0.2, 0.25) is 0 Å². The monoisotopic (exact) mass is 278 g/mol. The summed E-state index contributed by atoms with van der Waals surface area (Å²) in [7, 11) is 0. The van der Waals surface area contributed by atoms with Crippen LogP contribution in [0, 0.1) is 0 Å². The Morgan fingerprint density at radius 2 is 2.30 bits per heavy atom. The predicted molar refractivity (Wildman–Crippen MR) is 73.1 cm³/mol. The molecule has 0 bridgehead atoms. The molecule has 1 aliphatic rings. The van der Waals surface area contributed by atoms with Gasteiger partial charge in [0.15, 0.2) is 0 Å². The van der Waals surface area contributed by atoms with Gasteiger partial charge in [-0.1, -0.05) is 6.07 Å². The van der Waals surface area contributed by atoms with Crippen molar-refractivity contribution in [2.75, 3.05) is 18.5 Å². The Labute approximate surface area is 117 Å². The Hall–Kier alpha value is -1.92. The molecule has 108 valence electrons. The van der Waals surface area contributed by atoms with Crippen LogP contribution in [0.5, 0.6) is 0 Å². The van der Waals surface area contributed by atoms with Gasteiger partial charge < -0.3 is 10.1 Å². The third kappa shape index (κ3) is 3.79. The highest BCUT2D eigenvalue weighted by atomic mass is 16.6. The lowest BCUT2D eigenvalue weighted by molar-refractivity contribution is -0.124. The summed E-state index contributed by atoms with van der Waals surface area (Å²) in [6.45, 7) is 2.79. The zero-order valence-electron chi connectivity index (χ0n) is 11.3. The van der Waals surface area contributed by atoms with Gasteiger partial charge in [-0.05, 0) is 38.0 Å². The Morgan fingerprint density at radius 3 is 3.00 bits per heavy atom. The van der Waals surface area contributed by atoms with Crippen molar-refractivity contribution in [1.82, 2.24) is 5.48 Å². The molecular formula is C14H18N2O4. The summed E-state index contributed by atoms with van der Waals surface area (Å²) in [5.41, 5.74) is 3.29. The normalized spacial score (nSPS) is 17.8. The Bertz CT molecular complexity index is 484. The summed E-state index contributed by atoms with van der Waals surface area (Å²) < 4.78 is 5.31. The molecule has 1 aromatic carbocycles. The molecule has 1 aromatic rings. The van der Waals surface area contributed by atoms with Gasteiger partial charge in [-0.15, -0.1) is 0 Å². The first kappa shape index (κ1) is 14.5. The number of carbonyl (C=O) groups excluding carboxylic acids is 2. The highest BCUT2D eigenvalue weighted by Crippen LogP contribution is 2.16. The summed E-state index contributed by atoms with van der Waals surface area (Å²) in [5, 5.41) is 2.75. The molecule has 2 N–H and O–H groups in total. The standard InChI is InChI=1S/C14H18N2O4/c1-2-20-16-13(17)10-5-3-6-11(9-10)15-14(18)12-7-4-8-19-12/h3,5-6,9,12H,2,4,7-8H2,1H3,(H,15,18)(H,16,17)/t12-/m0/s1. The van der Waals surface area contributed by atoms with E-state index in [0.717, 1.165) is 12.8 Å². The molecule has 0 aliphatic carbocycles. The third-order valence-electron chi connectivity index (χ3n) is 2.92. The van der Waals surface area contributed by atoms with Gasteiger partial charge in [-0.2, -0.15) is 0 Å². The van der Waals surface area contributed by atoms with Gasteiger partial charge in [0.25, 0.3) is 11.8 Å². The van der Waals surface area contributed by atoms with Crippen LogP contribution in [0.4, 0.5) is 5.69 Å². The lowest BCUT2D eigenvalue weighted by atomic mass is 10.2. The molecule has 0 aromatic heterocycles. The quantitative estimate of drug-likeness (QED) is 0.800. The largest absolute Gasteiger partial charge is 0.368 e. The average Bonchev–Trinajstić information content (AvgIpc) is 2.99. The van der Waals surface area contributed by atoms with Gasteiger partial charge >= 0.3 is 0 Å². The first-order valence-corrected chi connectivity index (χ1v) is 6.65. The Kier molecular flexibility index (Phi) is 5.09. The molecule has 6 heteroatoms. The van der Waals surface area contributed by atoms with Crippen LogP contribution in [0.3, 0.4) is 0 Å². The number of hydrogen-bond donors (Lipinski definition) is 2. The van der Waals surface area contributed by atoms with E-state index in [1.807, 2.05) is 0 Å². The molecule has 0 saturated carbocycles. The number of ether oxygens (including phenoxy) is 1. The fourth-order valence-electron chi connectivity index (χ4n) is 1.94. The van der Waals surface area contributed by atoms with E-state index >= 15 is 0 Å². The molecule has 1 fully saturated rings. The molecule has 20 heavy (non-hydrogen) atoms. The van der Waals surface area contributed by atoms with Gasteiger partial charge in [0, 0.05) is 17.9 Å². The van der Waals surface area contributed by atoms with Crippen molar-refractivity contribution in [1.29, 1.82) is 0 Å². The number of rotatable bonds is 5. The van der Waals surface area contributed by atoms with Gasteiger partial charge in [0.2, 0.25) is 0 Å². The maximum Gasteiger partial charge on any atom is 0.274 e. The first-order valence-electron chi connectivity index (χ1n) is 6.65. The van der Waals surface area contributed by atoms with E-state index in [1.165, 1.54) is 0 Å². The fourth-order valence-corrected chi connectivity index (χ4v) is 1.94. The number of carbonyl (C=O) groups is 2. The second kappa shape index (κ2) is 7.02. The van der Waals surface area contributed by atoms with Crippen molar-refractivity contribution in [3.05, 3.63) is 29.8 Å². The van der Waals surface area contributed by atoms with Gasteiger partial charge in [-0.25, -0.2) is 5.48 Å². The summed E-state index contributed by atoms with van der Waals surface area (Å²) >= 11 is 0. The van der Waals surface area contributed by atoms with Crippen molar-refractivity contribution in [3.8, 4) is 0 Å². The lowest BCUT2D eigenvalue weighted by Gasteiger charge is -2.11. The van der Waals surface area contributed by atoms with E-state index in [4.69, 9.17) is 9.57 Å². The van der Waals surface area contributed by atoms with Crippen LogP contribution in [0.15, 0.2) is 24.3 Å². The van der Waals surface area contributed by atoms with Crippen LogP contribution in [0.25, 0.3) is 0 Å². The fraction of sp³-hybridized carbons (Fsp3) is 0.429. The Balaban J connectivity index is 1.98. The minimum Gasteiger partial charge on any atom is -0.368 e. The highest BCUT2D eigenvalue weighted by Gasteiger charge is 2.23. The zero-order chi connectivity index (χ0) is 14.4. The molecule has 1 atom stereocenters. The molecule has 0 radical (unpaired) electrons. The van der Waals surface area contributed by atoms with Crippen molar-refractivity contribution in [3.63, 3.8) is 0 Å². The highest BCUT2D eigenvalue weighted by molar-refractivity contribution is 5.97. The minimum absolute atomic E-state index is 0.176. The van der Waals surface area contributed by atoms with E-state index < -0.39 is 6.10 Å². The zero-order valence-corrected chi connectivity index (χ0v) is 11.3. The maximum atomic E-state index is 11.9. The molecule has 2 amide bonds. The maximum absolute atomic E-state index is 11.9. The Morgan fingerprint density at radius 1 is 1.45 bits per heavy atom. The summed E-state index contributed by atoms with van der Waals surface area (Å²) in [5.74, 6) is -0.523. The topological polar surface area (TPSA) is 76.7 Å². The third-order valence-corrected chi connectivity index (χ3v) is 2.92. The number of nitrogens with one attached hydrogen (secondary N) is 2. The SMILES string of the molecule is CCONC(=O)c1cccc(NC(=O)[C@@H]2CCCO2)c1. The van der Waals surface area contributed by atoms with Crippen molar-refractivity contribution in [2.24, 2.45) is 0 Å². The lowest BCUT2D eigenvalue weighted by Crippen LogP contribution is -2.27. The smallest absolute Gasteiger partial charge is 0.274 e. The summed E-state index contributed by atoms with van der Waals surface area (Å²) in [4.78, 5) is 28.5. The van der Waals surface area contributed by atoms with Crippen molar-refractivity contribution in [2.45, 2.75) is 25.9 Å². The van der Waals surface area contributed by atoms with Crippen LogP contribution in [0.1, 0.15) is 30.1 Å². The molecular weight excluding hydrogens is 260 g/mol. The van der Waals surface area contributed by atoms with E-state index in [1.54, 1.807) is 31.2 Å². The van der Waals surface area contributed by atoms with Crippen LogP contribution < -0.4 is 10.8 Å². The summed E-state index contributed by atoms with van der Waals surface area (Å²) in [6.07, 6.45) is 1.24. The van der Waals surface area contributed by atoms with E-state index in [2.05, 4.69) is 10.8 Å². The average molecular weight is 278 g/mol. The van der Waals surface area contributed by atoms with Crippen molar-refractivity contribution >= 4 is 17.5 Å². The number of hydroxylamine groups is 1. The second-order valence-electron chi connectivity index (χ2n) is 4.44. The molecule has 0 unspecified atom stereocenters. The predicted octanol–water partition coefficient (Wildman–Crippen LogP) is 1.49. The van der Waals surface area contributed by atoms with Crippen molar-refractivity contribution < 1.29 is 19.2 Å². The second-order valence-corrected chi connectivity index (χ2v) is 4.44. The molecule has 0 spiro atoms. The molecule has 2 rings (SSSR count). The van der Waals surface area contributed by atoms with E-state index in [-0.39, 0.29) is 11.8 Å². The number of hydrogen-bond acceptors (Lipinski definition) is 4. The summed E-state index contributed by atoms with van der Waals surface area (Å²) in [6, 6.07) is 6.67. The van der Waals surface area contributed by atoms with Crippen LogP contribution in [-0.4, -0.2) is 31.1 Å². The van der Waals surface area contributed by atoms with E-state index in [0.29, 0.717) is 24.5 Å². The van der Waals surface area contributed by atoms with Crippen LogP contribution in [-0.2, 0) is 14.4 Å². The molecule has 6 nitrogen and oxygen atoms in total. The molecule has 1 saturated heterocycles. The minimum atomic E-state index is -0.393. The number of benzene rings is 1. The molecule has 1 aliphatic heterocycles. The van der Waals surface area contributed by atoms with Gasteiger partial charge in [-0.3, -0.25) is 14.4 Å². The first-order chi connectivity index (χ1) is 9.70.